The summed E-state index contributed by atoms with van der Waals surface area (Å²) < 4.78 is 17.4. The minimum absolute atomic E-state index is 0.360. The zero-order valence-electron chi connectivity index (χ0n) is 25.3. The molecule has 0 bridgehead atoms. The number of methoxy groups -OCH3 is 1. The van der Waals surface area contributed by atoms with E-state index in [0.29, 0.717) is 5.92 Å². The molecule has 1 aromatic rings. The number of unbranched alkanes of at least 4 members (excludes halogenated alkanes) is 2. The molecule has 1 aromatic carbocycles. The number of nitrogens with zero attached hydrogens (tertiary/aromatic N) is 1. The maximum Gasteiger partial charge on any atom is 0.251 e. The monoisotopic (exact) mass is 517 g/mol. The van der Waals surface area contributed by atoms with Crippen LogP contribution < -0.4 is 9.47 Å². The molecular weight excluding hydrogens is 458 g/mol. The first-order valence-corrected chi connectivity index (χ1v) is 15.1. The van der Waals surface area contributed by atoms with Gasteiger partial charge in [-0.1, -0.05) is 77.8 Å². The Morgan fingerprint density at radius 2 is 1.68 bits per heavy atom. The molecule has 1 spiro atoms. The maximum absolute atomic E-state index is 6.40. The second-order valence-electron chi connectivity index (χ2n) is 11.3. The summed E-state index contributed by atoms with van der Waals surface area (Å²) in [6.45, 7) is 14.9. The Labute approximate surface area is 230 Å². The van der Waals surface area contributed by atoms with E-state index in [1.165, 1.54) is 89.2 Å². The average molecular weight is 518 g/mol. The topological polar surface area (TPSA) is 30.9 Å². The van der Waals surface area contributed by atoms with Crippen molar-refractivity contribution in [2.75, 3.05) is 34.4 Å². The summed E-state index contributed by atoms with van der Waals surface area (Å²) in [5.74, 6) is 3.19. The van der Waals surface area contributed by atoms with Crippen molar-refractivity contribution in [3.8, 4) is 11.5 Å². The number of rotatable bonds is 9. The fourth-order valence-corrected chi connectivity index (χ4v) is 5.26. The highest BCUT2D eigenvalue weighted by atomic mass is 16.7. The fourth-order valence-electron chi connectivity index (χ4n) is 5.26. The number of hydrogen-bond donors (Lipinski definition) is 0. The molecule has 1 atom stereocenters. The van der Waals surface area contributed by atoms with E-state index in [-0.39, 0.29) is 5.79 Å². The highest BCUT2D eigenvalue weighted by Crippen LogP contribution is 2.49. The van der Waals surface area contributed by atoms with Crippen LogP contribution in [0.15, 0.2) is 31.4 Å². The van der Waals surface area contributed by atoms with Crippen molar-refractivity contribution in [3.63, 3.8) is 0 Å². The van der Waals surface area contributed by atoms with Gasteiger partial charge in [-0.25, -0.2) is 0 Å². The SMILES string of the molecule is C=C.CC(CCCCN(C)C)c1cccc2c1OC1(CCCCC1)O2.CC1CCCC1.CCCCOC. The van der Waals surface area contributed by atoms with Gasteiger partial charge in [-0.2, -0.15) is 0 Å². The van der Waals surface area contributed by atoms with Crippen molar-refractivity contribution in [3.05, 3.63) is 36.9 Å². The van der Waals surface area contributed by atoms with Crippen molar-refractivity contribution >= 4 is 0 Å². The molecule has 4 nitrogen and oxygen atoms in total. The number of fused-ring (bicyclic) bond motifs is 1. The van der Waals surface area contributed by atoms with Crippen molar-refractivity contribution in [1.82, 2.24) is 4.90 Å². The van der Waals surface area contributed by atoms with E-state index in [0.717, 1.165) is 36.9 Å². The quantitative estimate of drug-likeness (QED) is 0.241. The smallest absolute Gasteiger partial charge is 0.251 e. The van der Waals surface area contributed by atoms with Gasteiger partial charge in [0.05, 0.1) is 0 Å². The lowest BCUT2D eigenvalue weighted by Crippen LogP contribution is -2.40. The van der Waals surface area contributed by atoms with E-state index in [4.69, 9.17) is 14.2 Å². The van der Waals surface area contributed by atoms with Gasteiger partial charge < -0.3 is 19.1 Å². The molecule has 214 valence electrons. The van der Waals surface area contributed by atoms with E-state index >= 15 is 0 Å². The largest absolute Gasteiger partial charge is 0.448 e. The van der Waals surface area contributed by atoms with E-state index in [1.54, 1.807) is 7.11 Å². The Kier molecular flexibility index (Phi) is 17.7. The lowest BCUT2D eigenvalue weighted by molar-refractivity contribution is -0.105. The van der Waals surface area contributed by atoms with Gasteiger partial charge in [0.25, 0.3) is 5.79 Å². The van der Waals surface area contributed by atoms with Gasteiger partial charge >= 0.3 is 0 Å². The third-order valence-electron chi connectivity index (χ3n) is 7.58. The van der Waals surface area contributed by atoms with Crippen molar-refractivity contribution in [2.45, 2.75) is 122 Å². The molecule has 0 aromatic heterocycles. The molecule has 4 heteroatoms. The van der Waals surface area contributed by atoms with E-state index < -0.39 is 0 Å². The minimum Gasteiger partial charge on any atom is -0.448 e. The molecule has 0 N–H and O–H groups in total. The van der Waals surface area contributed by atoms with Crippen LogP contribution in [0.4, 0.5) is 0 Å². The predicted octanol–water partition coefficient (Wildman–Crippen LogP) is 9.39. The normalized spacial score (nSPS) is 18.2. The summed E-state index contributed by atoms with van der Waals surface area (Å²) in [5.41, 5.74) is 1.33. The zero-order valence-corrected chi connectivity index (χ0v) is 25.3. The minimum atomic E-state index is -0.360. The highest BCUT2D eigenvalue weighted by molar-refractivity contribution is 5.50. The van der Waals surface area contributed by atoms with Crippen LogP contribution in [0.3, 0.4) is 0 Å². The first-order valence-electron chi connectivity index (χ1n) is 15.1. The van der Waals surface area contributed by atoms with Crippen LogP contribution in [0.1, 0.15) is 122 Å². The zero-order chi connectivity index (χ0) is 27.5. The molecule has 1 aliphatic heterocycles. The van der Waals surface area contributed by atoms with Gasteiger partial charge in [0.1, 0.15) is 0 Å². The molecule has 2 aliphatic carbocycles. The van der Waals surface area contributed by atoms with Crippen LogP contribution in [0.2, 0.25) is 0 Å². The lowest BCUT2D eigenvalue weighted by Gasteiger charge is -2.31. The molecule has 4 rings (SSSR count). The van der Waals surface area contributed by atoms with Crippen LogP contribution in [-0.4, -0.2) is 45.0 Å². The summed E-state index contributed by atoms with van der Waals surface area (Å²) >= 11 is 0. The van der Waals surface area contributed by atoms with Crippen LogP contribution in [0.25, 0.3) is 0 Å². The van der Waals surface area contributed by atoms with Gasteiger partial charge in [0.15, 0.2) is 11.5 Å². The predicted molar refractivity (Wildman–Crippen MR) is 160 cm³/mol. The molecule has 0 radical (unpaired) electrons. The average Bonchev–Trinajstić information content (AvgIpc) is 3.53. The Morgan fingerprint density at radius 3 is 2.19 bits per heavy atom. The third-order valence-corrected chi connectivity index (χ3v) is 7.58. The van der Waals surface area contributed by atoms with Crippen molar-refractivity contribution in [2.24, 2.45) is 5.92 Å². The molecule has 3 aliphatic rings. The molecule has 2 saturated carbocycles. The highest BCUT2D eigenvalue weighted by Gasteiger charge is 2.43. The lowest BCUT2D eigenvalue weighted by atomic mass is 9.93. The van der Waals surface area contributed by atoms with E-state index in [2.05, 4.69) is 71.1 Å². The number of hydrogen-bond acceptors (Lipinski definition) is 4. The second kappa shape index (κ2) is 19.5. The molecule has 0 saturated heterocycles. The summed E-state index contributed by atoms with van der Waals surface area (Å²) in [5, 5.41) is 0. The van der Waals surface area contributed by atoms with Gasteiger partial charge in [0.2, 0.25) is 0 Å². The number of benzene rings is 1. The molecule has 2 fully saturated rings. The first-order chi connectivity index (χ1) is 17.9. The maximum atomic E-state index is 6.40. The van der Waals surface area contributed by atoms with Crippen LogP contribution in [-0.2, 0) is 4.74 Å². The van der Waals surface area contributed by atoms with E-state index in [1.807, 2.05) is 0 Å². The molecule has 0 amide bonds. The van der Waals surface area contributed by atoms with Crippen LogP contribution in [0, 0.1) is 5.92 Å². The van der Waals surface area contributed by atoms with Crippen LogP contribution in [0.5, 0.6) is 11.5 Å². The summed E-state index contributed by atoms with van der Waals surface area (Å²) in [4.78, 5) is 2.26. The molecule has 1 unspecified atom stereocenters. The summed E-state index contributed by atoms with van der Waals surface area (Å²) in [6, 6.07) is 6.41. The summed E-state index contributed by atoms with van der Waals surface area (Å²) in [7, 11) is 6.01. The Bertz CT molecular complexity index is 689. The van der Waals surface area contributed by atoms with Crippen molar-refractivity contribution in [1.29, 1.82) is 0 Å². The Hall–Kier alpha value is -1.52. The first kappa shape index (κ1) is 33.5. The van der Waals surface area contributed by atoms with Crippen LogP contribution >= 0.6 is 0 Å². The fraction of sp³-hybridized carbons (Fsp3) is 0.758. The second-order valence-corrected chi connectivity index (χ2v) is 11.3. The standard InChI is InChI=1S/C20H31NO2.C6H12.C5H12O.C2H4/c1-16(10-5-8-15-21(2)3)17-11-9-12-18-19(17)23-20(22-18)13-6-4-7-14-20;1-6-4-2-3-5-6;1-3-4-5-6-2;1-2/h9,11-12,16H,4-8,10,13-15H2,1-3H3;6H,2-5H2,1H3;3-5H2,1-2H3;1-2H2. The number of ether oxygens (including phenoxy) is 3. The Balaban J connectivity index is 0.000000401. The van der Waals surface area contributed by atoms with Crippen molar-refractivity contribution < 1.29 is 14.2 Å². The van der Waals surface area contributed by atoms with Gasteiger partial charge in [-0.3, -0.25) is 0 Å². The van der Waals surface area contributed by atoms with Gasteiger partial charge in [-0.05, 0) is 70.6 Å². The number of para-hydroxylation sites is 1. The summed E-state index contributed by atoms with van der Waals surface area (Å²) in [6.07, 6.45) is 17.9. The van der Waals surface area contributed by atoms with Gasteiger partial charge in [0, 0.05) is 32.1 Å². The third kappa shape index (κ3) is 12.7. The molecular formula is C33H59NO3. The van der Waals surface area contributed by atoms with Gasteiger partial charge in [-0.15, -0.1) is 13.2 Å². The molecule has 37 heavy (non-hydrogen) atoms. The van der Waals surface area contributed by atoms with E-state index in [9.17, 15) is 0 Å². The molecule has 1 heterocycles. The Morgan fingerprint density at radius 1 is 1.00 bits per heavy atom.